The van der Waals surface area contributed by atoms with Crippen LogP contribution < -0.4 is 4.72 Å². The quantitative estimate of drug-likeness (QED) is 0.893. The molecule has 1 N–H and O–H groups in total. The van der Waals surface area contributed by atoms with Gasteiger partial charge in [0, 0.05) is 17.1 Å². The van der Waals surface area contributed by atoms with Gasteiger partial charge in [0.2, 0.25) is 0 Å². The molecule has 0 atom stereocenters. The molecule has 0 aliphatic rings. The summed E-state index contributed by atoms with van der Waals surface area (Å²) in [6, 6.07) is 8.23. The molecule has 0 saturated carbocycles. The smallest absolute Gasteiger partial charge is 0.263 e. The van der Waals surface area contributed by atoms with Crippen molar-refractivity contribution in [1.82, 2.24) is 9.78 Å². The fourth-order valence-electron chi connectivity index (χ4n) is 1.82. The second-order valence-corrected chi connectivity index (χ2v) is 7.05. The number of aromatic nitrogens is 2. The molecule has 0 amide bonds. The van der Waals surface area contributed by atoms with Crippen molar-refractivity contribution >= 4 is 31.8 Å². The molecule has 0 aliphatic heterocycles. The van der Waals surface area contributed by atoms with Crippen LogP contribution in [0.3, 0.4) is 0 Å². The van der Waals surface area contributed by atoms with Gasteiger partial charge in [0.25, 0.3) is 10.0 Å². The molecule has 1 aromatic carbocycles. The van der Waals surface area contributed by atoms with E-state index in [9.17, 15) is 8.42 Å². The Morgan fingerprint density at radius 3 is 2.55 bits per heavy atom. The van der Waals surface area contributed by atoms with Gasteiger partial charge in [-0.15, -0.1) is 0 Å². The molecule has 0 unspecified atom stereocenters. The van der Waals surface area contributed by atoms with Crippen molar-refractivity contribution in [3.63, 3.8) is 0 Å². The molecule has 1 heterocycles. The topological polar surface area (TPSA) is 64.0 Å². The molecule has 5 nitrogen and oxygen atoms in total. The largest absolute Gasteiger partial charge is 0.264 e. The maximum Gasteiger partial charge on any atom is 0.263 e. The van der Waals surface area contributed by atoms with Gasteiger partial charge >= 0.3 is 0 Å². The second-order valence-electron chi connectivity index (χ2n) is 4.45. The van der Waals surface area contributed by atoms with Crippen LogP contribution in [0.5, 0.6) is 0 Å². The Hall–Kier alpha value is -1.34. The summed E-state index contributed by atoms with van der Waals surface area (Å²) in [6.45, 7) is 4.53. The lowest BCUT2D eigenvalue weighted by Gasteiger charge is -2.10. The number of nitrogens with zero attached hydrogens (tertiary/aromatic N) is 2. The zero-order chi connectivity index (χ0) is 14.8. The standard InChI is InChI=1S/C13H16BrN3O2S/c1-3-8-17-13(9-10(2)15-17)16-20(18,19)12-6-4-11(14)5-7-12/h4-7,9,16H,3,8H2,1-2H3. The van der Waals surface area contributed by atoms with Gasteiger partial charge in [-0.3, -0.25) is 4.72 Å². The van der Waals surface area contributed by atoms with Crippen LogP contribution in [0, 0.1) is 6.92 Å². The Kier molecular flexibility index (Phi) is 4.49. The first-order chi connectivity index (χ1) is 9.42. The van der Waals surface area contributed by atoms with E-state index in [2.05, 4.69) is 25.8 Å². The van der Waals surface area contributed by atoms with E-state index in [4.69, 9.17) is 0 Å². The number of halogens is 1. The fourth-order valence-corrected chi connectivity index (χ4v) is 3.14. The van der Waals surface area contributed by atoms with Crippen molar-refractivity contribution in [3.8, 4) is 0 Å². The first-order valence-electron chi connectivity index (χ1n) is 6.25. The molecule has 0 radical (unpaired) electrons. The van der Waals surface area contributed by atoms with Crippen LogP contribution in [-0.4, -0.2) is 18.2 Å². The number of sulfonamides is 1. The van der Waals surface area contributed by atoms with Gasteiger partial charge in [-0.25, -0.2) is 13.1 Å². The van der Waals surface area contributed by atoms with Crippen molar-refractivity contribution in [3.05, 3.63) is 40.5 Å². The minimum atomic E-state index is -3.59. The molecule has 2 aromatic rings. The molecule has 7 heteroatoms. The number of rotatable bonds is 5. The molecule has 108 valence electrons. The summed E-state index contributed by atoms with van der Waals surface area (Å²) < 4.78 is 29.7. The molecule has 2 rings (SSSR count). The SMILES string of the molecule is CCCn1nc(C)cc1NS(=O)(=O)c1ccc(Br)cc1. The van der Waals surface area contributed by atoms with Gasteiger partial charge in [-0.2, -0.15) is 5.10 Å². The Bertz CT molecular complexity index is 693. The van der Waals surface area contributed by atoms with Crippen LogP contribution in [0.2, 0.25) is 0 Å². The number of hydrogen-bond acceptors (Lipinski definition) is 3. The van der Waals surface area contributed by atoms with E-state index in [1.54, 1.807) is 35.0 Å². The lowest BCUT2D eigenvalue weighted by Crippen LogP contribution is -2.16. The van der Waals surface area contributed by atoms with Crippen LogP contribution in [0.4, 0.5) is 5.82 Å². The zero-order valence-corrected chi connectivity index (χ0v) is 13.7. The molecular formula is C13H16BrN3O2S. The number of hydrogen-bond donors (Lipinski definition) is 1. The Morgan fingerprint density at radius 1 is 1.30 bits per heavy atom. The molecule has 1 aromatic heterocycles. The second kappa shape index (κ2) is 5.97. The van der Waals surface area contributed by atoms with Gasteiger partial charge in [-0.05, 0) is 37.6 Å². The molecule has 0 fully saturated rings. The van der Waals surface area contributed by atoms with Gasteiger partial charge < -0.3 is 0 Å². The van der Waals surface area contributed by atoms with Gasteiger partial charge in [0.05, 0.1) is 10.6 Å². The maximum atomic E-state index is 12.3. The Labute approximate surface area is 127 Å². The van der Waals surface area contributed by atoms with E-state index < -0.39 is 10.0 Å². The third-order valence-corrected chi connectivity index (χ3v) is 4.60. The van der Waals surface area contributed by atoms with Crippen molar-refractivity contribution in [1.29, 1.82) is 0 Å². The summed E-state index contributed by atoms with van der Waals surface area (Å²) >= 11 is 3.29. The first-order valence-corrected chi connectivity index (χ1v) is 8.53. The molecule has 20 heavy (non-hydrogen) atoms. The van der Waals surface area contributed by atoms with Gasteiger partial charge in [-0.1, -0.05) is 22.9 Å². The molecule has 0 saturated heterocycles. The summed E-state index contributed by atoms with van der Waals surface area (Å²) in [4.78, 5) is 0.225. The summed E-state index contributed by atoms with van der Waals surface area (Å²) in [6.07, 6.45) is 0.883. The van der Waals surface area contributed by atoms with E-state index in [1.807, 2.05) is 13.8 Å². The maximum absolute atomic E-state index is 12.3. The third-order valence-electron chi connectivity index (χ3n) is 2.70. The minimum absolute atomic E-state index is 0.225. The van der Waals surface area contributed by atoms with Crippen LogP contribution >= 0.6 is 15.9 Å². The zero-order valence-electron chi connectivity index (χ0n) is 11.3. The van der Waals surface area contributed by atoms with E-state index >= 15 is 0 Å². The molecule has 0 spiro atoms. The van der Waals surface area contributed by atoms with Crippen molar-refractivity contribution in [2.24, 2.45) is 0 Å². The van der Waals surface area contributed by atoms with Crippen molar-refractivity contribution in [2.45, 2.75) is 31.7 Å². The highest BCUT2D eigenvalue weighted by molar-refractivity contribution is 9.10. The lowest BCUT2D eigenvalue weighted by molar-refractivity contribution is 0.592. The fraction of sp³-hybridized carbons (Fsp3) is 0.308. The van der Waals surface area contributed by atoms with Crippen LogP contribution in [0.15, 0.2) is 39.7 Å². The van der Waals surface area contributed by atoms with Gasteiger partial charge in [0.1, 0.15) is 5.82 Å². The summed E-state index contributed by atoms with van der Waals surface area (Å²) in [5, 5.41) is 4.27. The normalized spacial score (nSPS) is 11.6. The monoisotopic (exact) mass is 357 g/mol. The summed E-state index contributed by atoms with van der Waals surface area (Å²) in [7, 11) is -3.59. The minimum Gasteiger partial charge on any atom is -0.264 e. The molecular weight excluding hydrogens is 342 g/mol. The highest BCUT2D eigenvalue weighted by Gasteiger charge is 2.16. The van der Waals surface area contributed by atoms with Crippen LogP contribution in [0.25, 0.3) is 0 Å². The predicted octanol–water partition coefficient (Wildman–Crippen LogP) is 3.16. The predicted molar refractivity (Wildman–Crippen MR) is 82.2 cm³/mol. The van der Waals surface area contributed by atoms with Crippen LogP contribution in [-0.2, 0) is 16.6 Å². The third kappa shape index (κ3) is 3.40. The summed E-state index contributed by atoms with van der Waals surface area (Å²) in [5.41, 5.74) is 0.784. The first kappa shape index (κ1) is 15.1. The highest BCUT2D eigenvalue weighted by atomic mass is 79.9. The Morgan fingerprint density at radius 2 is 1.95 bits per heavy atom. The molecule has 0 aliphatic carbocycles. The number of aryl methyl sites for hydroxylation is 2. The number of anilines is 1. The molecule has 0 bridgehead atoms. The number of nitrogens with one attached hydrogen (secondary N) is 1. The van der Waals surface area contributed by atoms with Crippen molar-refractivity contribution < 1.29 is 8.42 Å². The average molecular weight is 358 g/mol. The Balaban J connectivity index is 2.30. The van der Waals surface area contributed by atoms with Crippen LogP contribution in [0.1, 0.15) is 19.0 Å². The average Bonchev–Trinajstić information content (AvgIpc) is 2.70. The number of benzene rings is 1. The van der Waals surface area contributed by atoms with E-state index in [-0.39, 0.29) is 4.90 Å². The van der Waals surface area contributed by atoms with Crippen molar-refractivity contribution in [2.75, 3.05) is 4.72 Å². The summed E-state index contributed by atoms with van der Waals surface area (Å²) in [5.74, 6) is 0.493. The highest BCUT2D eigenvalue weighted by Crippen LogP contribution is 2.19. The van der Waals surface area contributed by atoms with E-state index in [0.717, 1.165) is 16.6 Å². The van der Waals surface area contributed by atoms with Gasteiger partial charge in [0.15, 0.2) is 0 Å². The lowest BCUT2D eigenvalue weighted by atomic mass is 10.4. The van der Waals surface area contributed by atoms with E-state index in [0.29, 0.717) is 12.4 Å². The van der Waals surface area contributed by atoms with E-state index in [1.165, 1.54) is 0 Å².